The lowest BCUT2D eigenvalue weighted by Crippen LogP contribution is -2.49. The average Bonchev–Trinajstić information content (AvgIpc) is 2.91. The topological polar surface area (TPSA) is 97.0 Å². The van der Waals surface area contributed by atoms with Crippen LogP contribution in [0.15, 0.2) is 72.8 Å². The van der Waals surface area contributed by atoms with Crippen molar-refractivity contribution in [3.8, 4) is 0 Å². The molecule has 3 aromatic rings. The van der Waals surface area contributed by atoms with E-state index in [1.807, 2.05) is 100 Å². The van der Waals surface area contributed by atoms with E-state index >= 15 is 0 Å². The normalized spacial score (nSPS) is 15.3. The average molecular weight is 544 g/mol. The number of hydrogen-bond acceptors (Lipinski definition) is 5. The molecule has 0 saturated heterocycles. The zero-order valence-corrected chi connectivity index (χ0v) is 23.5. The summed E-state index contributed by atoms with van der Waals surface area (Å²) < 4.78 is 10.8. The number of amides is 3. The molecule has 1 aliphatic heterocycles. The molecule has 1 atom stereocenters. The summed E-state index contributed by atoms with van der Waals surface area (Å²) in [7, 11) is 0. The van der Waals surface area contributed by atoms with Gasteiger partial charge in [-0.2, -0.15) is 0 Å². The SMILES string of the molecule is Cc1c(NC(=O)OC(C)(C)C)ccc2c1CN(Cc1ccccc1)C(=O)[C@H](NC(=O)OCc1ccccc1)CC2. The first-order chi connectivity index (χ1) is 19.1. The lowest BCUT2D eigenvalue weighted by molar-refractivity contribution is -0.135. The van der Waals surface area contributed by atoms with Crippen LogP contribution in [0.4, 0.5) is 15.3 Å². The quantitative estimate of drug-likeness (QED) is 0.391. The van der Waals surface area contributed by atoms with Gasteiger partial charge in [0.2, 0.25) is 5.91 Å². The fraction of sp³-hybridized carbons (Fsp3) is 0.344. The maximum absolute atomic E-state index is 13.8. The second kappa shape index (κ2) is 12.7. The molecule has 0 radical (unpaired) electrons. The monoisotopic (exact) mass is 543 g/mol. The molecule has 8 heteroatoms. The second-order valence-electron chi connectivity index (χ2n) is 11.0. The van der Waals surface area contributed by atoms with Crippen molar-refractivity contribution in [1.29, 1.82) is 0 Å². The van der Waals surface area contributed by atoms with Gasteiger partial charge in [-0.05, 0) is 74.4 Å². The Morgan fingerprint density at radius 2 is 1.57 bits per heavy atom. The van der Waals surface area contributed by atoms with E-state index in [0.717, 1.165) is 27.8 Å². The van der Waals surface area contributed by atoms with Crippen molar-refractivity contribution in [2.75, 3.05) is 5.32 Å². The van der Waals surface area contributed by atoms with Crippen LogP contribution in [-0.2, 0) is 40.4 Å². The highest BCUT2D eigenvalue weighted by Gasteiger charge is 2.30. The minimum atomic E-state index is -0.736. The number of carbonyl (C=O) groups excluding carboxylic acids is 3. The lowest BCUT2D eigenvalue weighted by atomic mass is 9.92. The molecule has 1 aliphatic rings. The first-order valence-electron chi connectivity index (χ1n) is 13.5. The predicted octanol–water partition coefficient (Wildman–Crippen LogP) is 6.11. The van der Waals surface area contributed by atoms with Gasteiger partial charge >= 0.3 is 12.2 Å². The van der Waals surface area contributed by atoms with Crippen LogP contribution >= 0.6 is 0 Å². The van der Waals surface area contributed by atoms with Crippen molar-refractivity contribution < 1.29 is 23.9 Å². The van der Waals surface area contributed by atoms with Crippen LogP contribution in [0.1, 0.15) is 55.0 Å². The largest absolute Gasteiger partial charge is 0.445 e. The van der Waals surface area contributed by atoms with Gasteiger partial charge in [-0.3, -0.25) is 10.1 Å². The summed E-state index contributed by atoms with van der Waals surface area (Å²) in [4.78, 5) is 40.7. The minimum absolute atomic E-state index is 0.122. The van der Waals surface area contributed by atoms with Gasteiger partial charge in [0.15, 0.2) is 0 Å². The highest BCUT2D eigenvalue weighted by atomic mass is 16.6. The number of hydrogen-bond donors (Lipinski definition) is 2. The Morgan fingerprint density at radius 1 is 0.925 bits per heavy atom. The molecular formula is C32H37N3O5. The number of nitrogens with zero attached hydrogens (tertiary/aromatic N) is 1. The fourth-order valence-corrected chi connectivity index (χ4v) is 4.71. The van der Waals surface area contributed by atoms with Gasteiger partial charge in [-0.1, -0.05) is 66.7 Å². The molecule has 8 nitrogen and oxygen atoms in total. The smallest absolute Gasteiger partial charge is 0.412 e. The first kappa shape index (κ1) is 28.7. The Labute approximate surface area is 235 Å². The van der Waals surface area contributed by atoms with Crippen LogP contribution in [-0.4, -0.2) is 34.6 Å². The van der Waals surface area contributed by atoms with Crippen molar-refractivity contribution >= 4 is 23.8 Å². The summed E-state index contributed by atoms with van der Waals surface area (Å²) in [5.41, 5.74) is 4.77. The summed E-state index contributed by atoms with van der Waals surface area (Å²) in [6.45, 7) is 8.21. The highest BCUT2D eigenvalue weighted by Crippen LogP contribution is 2.29. The molecule has 0 spiro atoms. The van der Waals surface area contributed by atoms with Crippen molar-refractivity contribution in [2.24, 2.45) is 0 Å². The van der Waals surface area contributed by atoms with Crippen LogP contribution in [0.25, 0.3) is 0 Å². The van der Waals surface area contributed by atoms with Crippen LogP contribution < -0.4 is 10.6 Å². The highest BCUT2D eigenvalue weighted by molar-refractivity contribution is 5.87. The number of fused-ring (bicyclic) bond motifs is 1. The van der Waals surface area contributed by atoms with Crippen LogP contribution in [0.3, 0.4) is 0 Å². The van der Waals surface area contributed by atoms with E-state index in [2.05, 4.69) is 10.6 Å². The molecule has 210 valence electrons. The summed E-state index contributed by atoms with van der Waals surface area (Å²) in [5.74, 6) is -0.184. The maximum Gasteiger partial charge on any atom is 0.412 e. The van der Waals surface area contributed by atoms with Crippen LogP contribution in [0.5, 0.6) is 0 Å². The van der Waals surface area contributed by atoms with E-state index < -0.39 is 23.8 Å². The number of nitrogens with one attached hydrogen (secondary N) is 2. The summed E-state index contributed by atoms with van der Waals surface area (Å²) in [5, 5.41) is 5.65. The lowest BCUT2D eigenvalue weighted by Gasteiger charge is -2.32. The number of anilines is 1. The van der Waals surface area contributed by atoms with Gasteiger partial charge in [0.1, 0.15) is 18.2 Å². The molecule has 0 saturated carbocycles. The van der Waals surface area contributed by atoms with E-state index in [1.54, 1.807) is 4.90 Å². The number of alkyl carbamates (subject to hydrolysis) is 1. The standard InChI is InChI=1S/C32H37N3O5/c1-22-26-20-35(19-23-11-7-5-8-12-23)29(36)28(34-30(37)39-21-24-13-9-6-10-14-24)18-16-25(26)15-17-27(22)33-31(38)40-32(2,3)4/h5-15,17,28H,16,18-21H2,1-4H3,(H,33,38)(H,34,37)/t28-/m1/s1. The van der Waals surface area contributed by atoms with Crippen molar-refractivity contribution in [3.05, 3.63) is 101 Å². The molecular weight excluding hydrogens is 506 g/mol. The third-order valence-electron chi connectivity index (χ3n) is 6.71. The fourth-order valence-electron chi connectivity index (χ4n) is 4.71. The molecule has 4 rings (SSSR count). The number of rotatable bonds is 6. The number of ether oxygens (including phenoxy) is 2. The number of carbonyl (C=O) groups is 3. The molecule has 1 heterocycles. The summed E-state index contributed by atoms with van der Waals surface area (Å²) in [6.07, 6.45) is -0.166. The van der Waals surface area contributed by atoms with E-state index in [-0.39, 0.29) is 12.5 Å². The minimum Gasteiger partial charge on any atom is -0.445 e. The molecule has 2 N–H and O–H groups in total. The van der Waals surface area contributed by atoms with Gasteiger partial charge in [-0.25, -0.2) is 9.59 Å². The molecule has 0 fully saturated rings. The predicted molar refractivity (Wildman–Crippen MR) is 154 cm³/mol. The Hall–Kier alpha value is -4.33. The van der Waals surface area contributed by atoms with Gasteiger partial charge in [0, 0.05) is 18.8 Å². The van der Waals surface area contributed by atoms with Crippen molar-refractivity contribution in [2.45, 2.75) is 71.9 Å². The van der Waals surface area contributed by atoms with E-state index in [9.17, 15) is 14.4 Å². The van der Waals surface area contributed by atoms with E-state index in [1.165, 1.54) is 0 Å². The number of aryl methyl sites for hydroxylation is 1. The van der Waals surface area contributed by atoms with Gasteiger partial charge in [0.05, 0.1) is 0 Å². The second-order valence-corrected chi connectivity index (χ2v) is 11.0. The zero-order chi connectivity index (χ0) is 28.7. The van der Waals surface area contributed by atoms with Crippen LogP contribution in [0, 0.1) is 6.92 Å². The van der Waals surface area contributed by atoms with Crippen LogP contribution in [0.2, 0.25) is 0 Å². The van der Waals surface area contributed by atoms with Crippen molar-refractivity contribution in [3.63, 3.8) is 0 Å². The third-order valence-corrected chi connectivity index (χ3v) is 6.71. The Bertz CT molecular complexity index is 1340. The van der Waals surface area contributed by atoms with Gasteiger partial charge < -0.3 is 19.7 Å². The summed E-state index contributed by atoms with van der Waals surface area (Å²) >= 11 is 0. The zero-order valence-electron chi connectivity index (χ0n) is 23.5. The maximum atomic E-state index is 13.8. The van der Waals surface area contributed by atoms with E-state index in [0.29, 0.717) is 31.6 Å². The Morgan fingerprint density at radius 3 is 2.23 bits per heavy atom. The Balaban J connectivity index is 1.56. The summed E-state index contributed by atoms with van der Waals surface area (Å²) in [6, 6.07) is 22.2. The Kier molecular flexibility index (Phi) is 9.09. The van der Waals surface area contributed by atoms with E-state index in [4.69, 9.17) is 9.47 Å². The van der Waals surface area contributed by atoms with Gasteiger partial charge in [0.25, 0.3) is 0 Å². The van der Waals surface area contributed by atoms with Crippen molar-refractivity contribution in [1.82, 2.24) is 10.2 Å². The molecule has 0 aliphatic carbocycles. The molecule has 40 heavy (non-hydrogen) atoms. The first-order valence-corrected chi connectivity index (χ1v) is 13.5. The van der Waals surface area contributed by atoms with Gasteiger partial charge in [-0.15, -0.1) is 0 Å². The number of benzene rings is 3. The molecule has 0 aromatic heterocycles. The molecule has 3 amide bonds. The third kappa shape index (κ3) is 7.85. The molecule has 3 aromatic carbocycles. The molecule has 0 unspecified atom stereocenters. The molecule has 0 bridgehead atoms.